The molecule has 42 heavy (non-hydrogen) atoms. The highest BCUT2D eigenvalue weighted by molar-refractivity contribution is 5.69. The minimum absolute atomic E-state index is 0.0997. The van der Waals surface area contributed by atoms with Crippen LogP contribution in [0.4, 0.5) is 4.79 Å². The Morgan fingerprint density at radius 3 is 2.31 bits per heavy atom. The molecule has 5 atom stereocenters. The lowest BCUT2D eigenvalue weighted by Gasteiger charge is -2.56. The van der Waals surface area contributed by atoms with Gasteiger partial charge in [0.05, 0.1) is 0 Å². The summed E-state index contributed by atoms with van der Waals surface area (Å²) in [6.45, 7) is 0.947. The smallest absolute Gasteiger partial charge is 0.482 e. The number of aliphatic hydroxyl groups excluding tert-OH is 1. The van der Waals surface area contributed by atoms with Crippen molar-refractivity contribution in [3.05, 3.63) is 107 Å². The predicted octanol–water partition coefficient (Wildman–Crippen LogP) is 5.94. The number of likely N-dealkylation sites (tertiary alicyclic amines) is 1. The van der Waals surface area contributed by atoms with Gasteiger partial charge in [-0.25, -0.2) is 4.79 Å². The molecular formula is C36H37NO5. The molecule has 8 rings (SSSR count). The molecule has 2 aliphatic heterocycles. The zero-order valence-corrected chi connectivity index (χ0v) is 23.9. The lowest BCUT2D eigenvalue weighted by Crippen LogP contribution is -2.64. The number of hydrogen-bond donors (Lipinski definition) is 1. The van der Waals surface area contributed by atoms with Gasteiger partial charge in [-0.2, -0.15) is 0 Å². The molecule has 5 aliphatic rings. The summed E-state index contributed by atoms with van der Waals surface area (Å²) in [5.41, 5.74) is 4.57. The van der Waals surface area contributed by atoms with E-state index in [1.807, 2.05) is 12.1 Å². The molecule has 6 heteroatoms. The van der Waals surface area contributed by atoms with Crippen LogP contribution in [0.25, 0.3) is 0 Å². The molecule has 3 aliphatic carbocycles. The van der Waals surface area contributed by atoms with Crippen molar-refractivity contribution in [1.29, 1.82) is 0 Å². The van der Waals surface area contributed by atoms with E-state index in [1.165, 1.54) is 16.7 Å². The molecule has 216 valence electrons. The first-order valence-corrected chi connectivity index (χ1v) is 15.4. The molecule has 1 saturated heterocycles. The van der Waals surface area contributed by atoms with Gasteiger partial charge < -0.3 is 24.2 Å². The Labute approximate surface area is 246 Å². The number of ether oxygens (including phenoxy) is 3. The first-order valence-electron chi connectivity index (χ1n) is 15.4. The molecule has 0 amide bonds. The van der Waals surface area contributed by atoms with E-state index >= 15 is 0 Å². The van der Waals surface area contributed by atoms with E-state index in [0.717, 1.165) is 50.6 Å². The molecule has 2 fully saturated rings. The number of aliphatic hydroxyl groups is 1. The van der Waals surface area contributed by atoms with Crippen LogP contribution >= 0.6 is 0 Å². The maximum atomic E-state index is 13.2. The third-order valence-corrected chi connectivity index (χ3v) is 11.0. The number of carbonyl (C=O) groups excluding carboxylic acids is 1. The zero-order valence-electron chi connectivity index (χ0n) is 23.9. The largest absolute Gasteiger partial charge is 0.514 e. The fourth-order valence-electron chi connectivity index (χ4n) is 9.02. The maximum absolute atomic E-state index is 13.2. The van der Waals surface area contributed by atoms with Crippen LogP contribution in [-0.4, -0.2) is 54.1 Å². The van der Waals surface area contributed by atoms with Crippen LogP contribution in [0.2, 0.25) is 0 Å². The summed E-state index contributed by atoms with van der Waals surface area (Å²) in [5.74, 6) is 1.27. The first-order chi connectivity index (χ1) is 20.5. The second-order valence-electron chi connectivity index (χ2n) is 12.9. The van der Waals surface area contributed by atoms with Crippen molar-refractivity contribution < 1.29 is 24.1 Å². The summed E-state index contributed by atoms with van der Waals surface area (Å²) in [5, 5.41) is 11.0. The highest BCUT2D eigenvalue weighted by Gasteiger charge is 2.64. The lowest BCUT2D eigenvalue weighted by molar-refractivity contribution is -0.0454. The molecule has 2 heterocycles. The third kappa shape index (κ3) is 3.74. The number of likely N-dealkylation sites (N-methyl/N-ethyl adjacent to an activating group) is 1. The van der Waals surface area contributed by atoms with Gasteiger partial charge in [0.15, 0.2) is 11.5 Å². The Kier molecular flexibility index (Phi) is 6.03. The van der Waals surface area contributed by atoms with E-state index < -0.39 is 12.3 Å². The van der Waals surface area contributed by atoms with E-state index in [0.29, 0.717) is 17.5 Å². The Bertz CT molecular complexity index is 1490. The quantitative estimate of drug-likeness (QED) is 0.241. The van der Waals surface area contributed by atoms with E-state index in [9.17, 15) is 9.90 Å². The summed E-state index contributed by atoms with van der Waals surface area (Å²) in [6.07, 6.45) is 7.22. The summed E-state index contributed by atoms with van der Waals surface area (Å²) in [7, 11) is 2.19. The number of rotatable bonds is 4. The number of piperidine rings is 1. The van der Waals surface area contributed by atoms with Crippen LogP contribution in [0.5, 0.6) is 11.5 Å². The van der Waals surface area contributed by atoms with Crippen LogP contribution in [0, 0.1) is 5.92 Å². The molecule has 3 aromatic carbocycles. The average Bonchev–Trinajstić information content (AvgIpc) is 3.38. The Balaban J connectivity index is 1.02. The number of hydrogen-bond acceptors (Lipinski definition) is 6. The van der Waals surface area contributed by atoms with Crippen molar-refractivity contribution in [3.8, 4) is 11.5 Å². The topological polar surface area (TPSA) is 68.2 Å². The lowest BCUT2D eigenvalue weighted by atomic mass is 9.53. The average molecular weight is 564 g/mol. The Morgan fingerprint density at radius 2 is 1.62 bits per heavy atom. The summed E-state index contributed by atoms with van der Waals surface area (Å²) < 4.78 is 18.3. The zero-order chi connectivity index (χ0) is 28.5. The van der Waals surface area contributed by atoms with Crippen LogP contribution < -0.4 is 9.47 Å². The standard InChI is InChI=1S/C36H37NO5/c1-37-21-20-36-27-13-14-29(38)33(36)42-32-30(15-12-23(31(32)36)22-28(27)37)41-34(39)40-26-16-18-35(19-17-26,24-8-4-2-5-9-24)25-10-6-3-7-11-25/h2-15,26-29,33,38H,16-22H2,1H3. The van der Waals surface area contributed by atoms with Gasteiger partial charge in [-0.3, -0.25) is 0 Å². The normalized spacial score (nSPS) is 30.7. The van der Waals surface area contributed by atoms with Gasteiger partial charge in [-0.1, -0.05) is 78.9 Å². The van der Waals surface area contributed by atoms with E-state index in [1.54, 1.807) is 0 Å². The molecule has 1 spiro atoms. The fourth-order valence-corrected chi connectivity index (χ4v) is 9.02. The van der Waals surface area contributed by atoms with Crippen molar-refractivity contribution in [2.75, 3.05) is 13.6 Å². The second-order valence-corrected chi connectivity index (χ2v) is 12.9. The van der Waals surface area contributed by atoms with Crippen molar-refractivity contribution >= 4 is 6.16 Å². The van der Waals surface area contributed by atoms with Crippen LogP contribution in [-0.2, 0) is 22.0 Å². The second kappa shape index (κ2) is 9.72. The van der Waals surface area contributed by atoms with E-state index in [-0.39, 0.29) is 29.0 Å². The summed E-state index contributed by atoms with van der Waals surface area (Å²) in [4.78, 5) is 15.6. The van der Waals surface area contributed by atoms with Gasteiger partial charge in [0, 0.05) is 28.4 Å². The minimum Gasteiger partial charge on any atom is -0.482 e. The highest BCUT2D eigenvalue weighted by atomic mass is 16.7. The van der Waals surface area contributed by atoms with Crippen molar-refractivity contribution in [1.82, 2.24) is 4.90 Å². The molecule has 1 N–H and O–H groups in total. The number of nitrogens with zero attached hydrogens (tertiary/aromatic N) is 1. The van der Waals surface area contributed by atoms with Crippen LogP contribution in [0.1, 0.15) is 54.4 Å². The van der Waals surface area contributed by atoms with E-state index in [4.69, 9.17) is 14.2 Å². The van der Waals surface area contributed by atoms with Crippen LogP contribution in [0.3, 0.4) is 0 Å². The van der Waals surface area contributed by atoms with Gasteiger partial charge in [0.25, 0.3) is 0 Å². The fraction of sp³-hybridized carbons (Fsp3) is 0.417. The van der Waals surface area contributed by atoms with Gasteiger partial charge in [0.2, 0.25) is 0 Å². The molecule has 3 aromatic rings. The molecule has 2 bridgehead atoms. The molecule has 1 saturated carbocycles. The van der Waals surface area contributed by atoms with Gasteiger partial charge in [-0.15, -0.1) is 0 Å². The van der Waals surface area contributed by atoms with Gasteiger partial charge >= 0.3 is 6.16 Å². The minimum atomic E-state index is -0.694. The Morgan fingerprint density at radius 1 is 0.929 bits per heavy atom. The van der Waals surface area contributed by atoms with Crippen molar-refractivity contribution in [2.24, 2.45) is 5.92 Å². The van der Waals surface area contributed by atoms with Gasteiger partial charge in [0.1, 0.15) is 18.3 Å². The van der Waals surface area contributed by atoms with E-state index in [2.05, 4.69) is 84.8 Å². The van der Waals surface area contributed by atoms with Crippen LogP contribution in [0.15, 0.2) is 84.9 Å². The molecule has 6 nitrogen and oxygen atoms in total. The molecule has 5 unspecified atom stereocenters. The number of carbonyl (C=O) groups is 1. The summed E-state index contributed by atoms with van der Waals surface area (Å²) in [6, 6.07) is 25.6. The SMILES string of the molecule is CN1CCC23c4c5ccc(OC(=O)OC6CCC(c7ccccc7)(c7ccccc7)CC6)c4OC2C(O)C=CC3C1C5. The summed E-state index contributed by atoms with van der Waals surface area (Å²) >= 11 is 0. The number of benzene rings is 3. The monoisotopic (exact) mass is 563 g/mol. The molecule has 0 aromatic heterocycles. The van der Waals surface area contributed by atoms with Crippen molar-refractivity contribution in [3.63, 3.8) is 0 Å². The molecule has 0 radical (unpaired) electrons. The Hall–Kier alpha value is -3.61. The first kappa shape index (κ1) is 26.1. The molecular weight excluding hydrogens is 526 g/mol. The third-order valence-electron chi connectivity index (χ3n) is 11.0. The highest BCUT2D eigenvalue weighted by Crippen LogP contribution is 2.62. The van der Waals surface area contributed by atoms with Crippen molar-refractivity contribution in [2.45, 2.75) is 73.7 Å². The maximum Gasteiger partial charge on any atom is 0.514 e. The predicted molar refractivity (Wildman–Crippen MR) is 159 cm³/mol. The van der Waals surface area contributed by atoms with Gasteiger partial charge in [-0.05, 0) is 74.9 Å².